The molecule has 1 aliphatic heterocycles. The van der Waals surface area contributed by atoms with Gasteiger partial charge in [-0.05, 0) is 24.6 Å². The van der Waals surface area contributed by atoms with Crippen molar-refractivity contribution in [2.24, 2.45) is 0 Å². The highest BCUT2D eigenvalue weighted by molar-refractivity contribution is 7.99. The zero-order valence-electron chi connectivity index (χ0n) is 15.0. The molecule has 0 bridgehead atoms. The van der Waals surface area contributed by atoms with Crippen molar-refractivity contribution in [3.05, 3.63) is 66.2 Å². The third-order valence-corrected chi connectivity index (χ3v) is 5.45. The summed E-state index contributed by atoms with van der Waals surface area (Å²) in [4.78, 5) is 12.6. The van der Waals surface area contributed by atoms with Crippen molar-refractivity contribution in [3.8, 4) is 0 Å². The van der Waals surface area contributed by atoms with E-state index in [0.29, 0.717) is 13.0 Å². The number of hydrogen-bond donors (Lipinski definition) is 0. The molecule has 0 spiro atoms. The van der Waals surface area contributed by atoms with Crippen molar-refractivity contribution in [1.82, 2.24) is 0 Å². The van der Waals surface area contributed by atoms with Crippen LogP contribution >= 0.6 is 11.8 Å². The molecule has 2 aromatic carbocycles. The minimum atomic E-state index is -0.338. The fourth-order valence-electron chi connectivity index (χ4n) is 2.95. The molecular formula is C21H24O4S. The Morgan fingerprint density at radius 2 is 1.73 bits per heavy atom. The van der Waals surface area contributed by atoms with E-state index < -0.39 is 0 Å². The van der Waals surface area contributed by atoms with Gasteiger partial charge in [0.1, 0.15) is 11.5 Å². The minimum Gasteiger partial charge on any atom is -0.459 e. The molecule has 26 heavy (non-hydrogen) atoms. The highest BCUT2D eigenvalue weighted by Gasteiger charge is 2.39. The summed E-state index contributed by atoms with van der Waals surface area (Å²) < 4.78 is 17.8. The average molecular weight is 372 g/mol. The number of ether oxygens (including phenoxy) is 3. The molecule has 0 radical (unpaired) electrons. The van der Waals surface area contributed by atoms with Gasteiger partial charge in [-0.1, -0.05) is 60.3 Å². The molecule has 0 N–H and O–H groups in total. The summed E-state index contributed by atoms with van der Waals surface area (Å²) in [5.74, 6) is -0.298. The van der Waals surface area contributed by atoms with Crippen molar-refractivity contribution in [2.75, 3.05) is 0 Å². The standard InChI is InChI=1S/C21H24O4S/c1-15-19(23-14-17-9-5-3-6-10-17)13-20(25-16(2)22)21(24-15)26-18-11-7-4-8-12-18/h3-12,15,19-21H,13-14H2,1-2H3/t15-,19+,20-,21?/m1/s1. The quantitative estimate of drug-likeness (QED) is 0.702. The molecule has 0 saturated carbocycles. The molecule has 2 aromatic rings. The second-order valence-corrected chi connectivity index (χ2v) is 7.53. The number of esters is 1. The van der Waals surface area contributed by atoms with Crippen LogP contribution in [-0.2, 0) is 25.6 Å². The number of carbonyl (C=O) groups excluding carboxylic acids is 1. The monoisotopic (exact) mass is 372 g/mol. The first-order chi connectivity index (χ1) is 12.6. The molecule has 1 saturated heterocycles. The highest BCUT2D eigenvalue weighted by Crippen LogP contribution is 2.35. The zero-order chi connectivity index (χ0) is 18.4. The Morgan fingerprint density at radius 1 is 1.08 bits per heavy atom. The number of rotatable bonds is 6. The van der Waals surface area contributed by atoms with Gasteiger partial charge in [-0.25, -0.2) is 0 Å². The van der Waals surface area contributed by atoms with E-state index in [9.17, 15) is 4.79 Å². The summed E-state index contributed by atoms with van der Waals surface area (Å²) in [7, 11) is 0. The summed E-state index contributed by atoms with van der Waals surface area (Å²) in [6.45, 7) is 3.96. The first-order valence-electron chi connectivity index (χ1n) is 8.81. The number of benzene rings is 2. The molecule has 3 rings (SSSR count). The van der Waals surface area contributed by atoms with Gasteiger partial charge in [-0.2, -0.15) is 0 Å². The molecule has 1 aliphatic rings. The van der Waals surface area contributed by atoms with E-state index in [2.05, 4.69) is 0 Å². The maximum atomic E-state index is 11.5. The van der Waals surface area contributed by atoms with Crippen LogP contribution in [-0.4, -0.2) is 29.7 Å². The number of carbonyl (C=O) groups is 1. The normalized spacial score (nSPS) is 25.6. The summed E-state index contributed by atoms with van der Waals surface area (Å²) in [5.41, 5.74) is 0.873. The van der Waals surface area contributed by atoms with Gasteiger partial charge in [0.25, 0.3) is 0 Å². The molecular weight excluding hydrogens is 348 g/mol. The van der Waals surface area contributed by atoms with Gasteiger partial charge in [-0.3, -0.25) is 4.79 Å². The van der Waals surface area contributed by atoms with Crippen molar-refractivity contribution in [1.29, 1.82) is 0 Å². The van der Waals surface area contributed by atoms with E-state index in [1.54, 1.807) is 11.8 Å². The predicted molar refractivity (Wildman–Crippen MR) is 102 cm³/mol. The van der Waals surface area contributed by atoms with E-state index >= 15 is 0 Å². The average Bonchev–Trinajstić information content (AvgIpc) is 2.64. The summed E-state index contributed by atoms with van der Waals surface area (Å²) in [6, 6.07) is 20.0. The van der Waals surface area contributed by atoms with Crippen LogP contribution in [0.25, 0.3) is 0 Å². The third-order valence-electron chi connectivity index (χ3n) is 4.26. The van der Waals surface area contributed by atoms with Crippen LogP contribution in [0.15, 0.2) is 65.6 Å². The van der Waals surface area contributed by atoms with Gasteiger partial charge >= 0.3 is 5.97 Å². The van der Waals surface area contributed by atoms with Gasteiger partial charge < -0.3 is 14.2 Å². The van der Waals surface area contributed by atoms with Crippen molar-refractivity contribution in [3.63, 3.8) is 0 Å². The zero-order valence-corrected chi connectivity index (χ0v) is 15.9. The molecule has 1 unspecified atom stereocenters. The van der Waals surface area contributed by atoms with Crippen molar-refractivity contribution in [2.45, 2.75) is 55.5 Å². The molecule has 5 heteroatoms. The fraction of sp³-hybridized carbons (Fsp3) is 0.381. The van der Waals surface area contributed by atoms with E-state index in [1.165, 1.54) is 6.92 Å². The van der Waals surface area contributed by atoms with Crippen LogP contribution in [0, 0.1) is 0 Å². The third kappa shape index (κ3) is 5.34. The highest BCUT2D eigenvalue weighted by atomic mass is 32.2. The molecule has 4 nitrogen and oxygen atoms in total. The van der Waals surface area contributed by atoms with Crippen LogP contribution in [0.3, 0.4) is 0 Å². The van der Waals surface area contributed by atoms with Crippen LogP contribution in [0.4, 0.5) is 0 Å². The largest absolute Gasteiger partial charge is 0.459 e. The van der Waals surface area contributed by atoms with Crippen LogP contribution < -0.4 is 0 Å². The van der Waals surface area contributed by atoms with Crippen molar-refractivity contribution < 1.29 is 19.0 Å². The number of thioether (sulfide) groups is 1. The maximum Gasteiger partial charge on any atom is 0.303 e. The Morgan fingerprint density at radius 3 is 2.38 bits per heavy atom. The Hall–Kier alpha value is -1.82. The molecule has 4 atom stereocenters. The SMILES string of the molecule is CC(=O)O[C@@H]1C[C@H](OCc2ccccc2)[C@@H](C)OC1Sc1ccccc1. The maximum absolute atomic E-state index is 11.5. The van der Waals surface area contributed by atoms with Crippen LogP contribution in [0.5, 0.6) is 0 Å². The molecule has 138 valence electrons. The van der Waals surface area contributed by atoms with Crippen LogP contribution in [0.2, 0.25) is 0 Å². The topological polar surface area (TPSA) is 44.8 Å². The summed E-state index contributed by atoms with van der Waals surface area (Å²) in [5, 5.41) is 0. The lowest BCUT2D eigenvalue weighted by Gasteiger charge is -2.39. The first kappa shape index (κ1) is 19.0. The van der Waals surface area contributed by atoms with E-state index in [1.807, 2.05) is 67.6 Å². The molecule has 0 aliphatic carbocycles. The Balaban J connectivity index is 1.64. The van der Waals surface area contributed by atoms with E-state index in [0.717, 1.165) is 10.5 Å². The van der Waals surface area contributed by atoms with Gasteiger partial charge in [0.15, 0.2) is 0 Å². The molecule has 0 aromatic heterocycles. The van der Waals surface area contributed by atoms with Crippen molar-refractivity contribution >= 4 is 17.7 Å². The second-order valence-electron chi connectivity index (χ2n) is 6.36. The van der Waals surface area contributed by atoms with E-state index in [4.69, 9.17) is 14.2 Å². The Labute approximate surface area is 158 Å². The number of hydrogen-bond acceptors (Lipinski definition) is 5. The fourth-order valence-corrected chi connectivity index (χ4v) is 4.09. The Kier molecular flexibility index (Phi) is 6.72. The second kappa shape index (κ2) is 9.21. The lowest BCUT2D eigenvalue weighted by molar-refractivity contribution is -0.180. The molecule has 1 fully saturated rings. The van der Waals surface area contributed by atoms with Gasteiger partial charge in [0, 0.05) is 18.2 Å². The van der Waals surface area contributed by atoms with Gasteiger partial charge in [-0.15, -0.1) is 0 Å². The smallest absolute Gasteiger partial charge is 0.303 e. The van der Waals surface area contributed by atoms with E-state index in [-0.39, 0.29) is 29.7 Å². The lowest BCUT2D eigenvalue weighted by atomic mass is 10.0. The summed E-state index contributed by atoms with van der Waals surface area (Å²) in [6.07, 6.45) is 0.0894. The Bertz CT molecular complexity index is 692. The predicted octanol–water partition coefficient (Wildman–Crippen LogP) is 4.43. The molecule has 0 amide bonds. The molecule has 1 heterocycles. The van der Waals surface area contributed by atoms with Gasteiger partial charge in [0.05, 0.1) is 18.8 Å². The first-order valence-corrected chi connectivity index (χ1v) is 9.69. The summed E-state index contributed by atoms with van der Waals surface area (Å²) >= 11 is 1.58. The minimum absolute atomic E-state index is 0.0771. The van der Waals surface area contributed by atoms with Gasteiger partial charge in [0.2, 0.25) is 0 Å². The van der Waals surface area contributed by atoms with Crippen LogP contribution in [0.1, 0.15) is 25.8 Å². The lowest BCUT2D eigenvalue weighted by Crippen LogP contribution is -2.47.